The molecular weight excluding hydrogens is 412 g/mol. The SMILES string of the molecule is CC(C)N1C(=O)c2ccccc2N2C(=O)CCC21C(=O)OCC1COc2ccccc2O1. The lowest BCUT2D eigenvalue weighted by molar-refractivity contribution is -0.161. The maximum Gasteiger partial charge on any atom is 0.353 e. The maximum atomic E-state index is 13.6. The molecule has 2 amide bonds. The number of carbonyl (C=O) groups excluding carboxylic acids is 3. The van der Waals surface area contributed by atoms with E-state index in [-0.39, 0.29) is 43.9 Å². The van der Waals surface area contributed by atoms with Crippen molar-refractivity contribution < 1.29 is 28.6 Å². The predicted molar refractivity (Wildman–Crippen MR) is 115 cm³/mol. The van der Waals surface area contributed by atoms with Gasteiger partial charge in [0.25, 0.3) is 5.91 Å². The Morgan fingerprint density at radius 1 is 1.12 bits per heavy atom. The molecule has 3 aliphatic heterocycles. The zero-order valence-electron chi connectivity index (χ0n) is 17.9. The number of ether oxygens (including phenoxy) is 3. The minimum absolute atomic E-state index is 0.0568. The molecule has 3 aliphatic rings. The van der Waals surface area contributed by atoms with Gasteiger partial charge < -0.3 is 19.1 Å². The Kier molecular flexibility index (Phi) is 4.80. The molecule has 166 valence electrons. The molecule has 5 rings (SSSR count). The third kappa shape index (κ3) is 2.93. The van der Waals surface area contributed by atoms with Crippen LogP contribution in [0.3, 0.4) is 0 Å². The van der Waals surface area contributed by atoms with Gasteiger partial charge >= 0.3 is 5.97 Å². The van der Waals surface area contributed by atoms with E-state index in [9.17, 15) is 14.4 Å². The molecule has 8 heteroatoms. The number of rotatable bonds is 4. The van der Waals surface area contributed by atoms with Gasteiger partial charge in [-0.3, -0.25) is 14.5 Å². The average molecular weight is 436 g/mol. The molecule has 0 saturated carbocycles. The minimum Gasteiger partial charge on any atom is -0.486 e. The lowest BCUT2D eigenvalue weighted by atomic mass is 9.95. The van der Waals surface area contributed by atoms with Crippen molar-refractivity contribution >= 4 is 23.5 Å². The van der Waals surface area contributed by atoms with Crippen LogP contribution in [-0.2, 0) is 14.3 Å². The molecule has 0 bridgehead atoms. The van der Waals surface area contributed by atoms with E-state index in [4.69, 9.17) is 14.2 Å². The molecule has 1 fully saturated rings. The maximum absolute atomic E-state index is 13.6. The quantitative estimate of drug-likeness (QED) is 0.686. The number of esters is 1. The fraction of sp³-hybridized carbons (Fsp3) is 0.375. The highest BCUT2D eigenvalue weighted by Gasteiger charge is 2.62. The molecule has 2 aromatic rings. The van der Waals surface area contributed by atoms with Crippen molar-refractivity contribution in [1.29, 1.82) is 0 Å². The Morgan fingerprint density at radius 3 is 2.62 bits per heavy atom. The van der Waals surface area contributed by atoms with E-state index in [1.807, 2.05) is 32.0 Å². The van der Waals surface area contributed by atoms with Gasteiger partial charge in [0.05, 0.1) is 11.3 Å². The number of hydrogen-bond acceptors (Lipinski definition) is 6. The molecule has 2 unspecified atom stereocenters. The summed E-state index contributed by atoms with van der Waals surface area (Å²) in [5.41, 5.74) is -0.662. The van der Waals surface area contributed by atoms with Crippen molar-refractivity contribution in [3.63, 3.8) is 0 Å². The molecule has 0 aliphatic carbocycles. The average Bonchev–Trinajstić information content (AvgIpc) is 3.15. The zero-order chi connectivity index (χ0) is 22.5. The number of carbonyl (C=O) groups is 3. The molecule has 32 heavy (non-hydrogen) atoms. The number of para-hydroxylation sites is 3. The number of fused-ring (bicyclic) bond motifs is 4. The summed E-state index contributed by atoms with van der Waals surface area (Å²) in [4.78, 5) is 42.9. The van der Waals surface area contributed by atoms with Crippen LogP contribution < -0.4 is 14.4 Å². The fourth-order valence-electron chi connectivity index (χ4n) is 4.80. The standard InChI is InChI=1S/C24H24N2O6/c1-15(2)25-22(28)17-7-3-4-8-18(17)26-21(27)11-12-24(25,26)23(29)31-14-16-13-30-19-9-5-6-10-20(19)32-16/h3-10,15-16H,11-14H2,1-2H3. The van der Waals surface area contributed by atoms with Crippen LogP contribution in [0.5, 0.6) is 11.5 Å². The highest BCUT2D eigenvalue weighted by Crippen LogP contribution is 2.46. The van der Waals surface area contributed by atoms with Crippen LogP contribution in [-0.4, -0.2) is 53.7 Å². The van der Waals surface area contributed by atoms with E-state index < -0.39 is 17.7 Å². The topological polar surface area (TPSA) is 85.4 Å². The lowest BCUT2D eigenvalue weighted by Gasteiger charge is -2.50. The predicted octanol–water partition coefficient (Wildman–Crippen LogP) is 2.76. The summed E-state index contributed by atoms with van der Waals surface area (Å²) in [6.07, 6.45) is -0.167. The molecule has 8 nitrogen and oxygen atoms in total. The van der Waals surface area contributed by atoms with Crippen molar-refractivity contribution in [1.82, 2.24) is 4.90 Å². The minimum atomic E-state index is -1.51. The van der Waals surface area contributed by atoms with Crippen LogP contribution in [0.4, 0.5) is 5.69 Å². The third-order valence-corrected chi connectivity index (χ3v) is 6.11. The van der Waals surface area contributed by atoms with Gasteiger partial charge in [0.2, 0.25) is 11.6 Å². The summed E-state index contributed by atoms with van der Waals surface area (Å²) < 4.78 is 17.3. The highest BCUT2D eigenvalue weighted by atomic mass is 16.6. The van der Waals surface area contributed by atoms with E-state index in [1.165, 1.54) is 9.80 Å². The molecule has 0 N–H and O–H groups in total. The summed E-state index contributed by atoms with van der Waals surface area (Å²) in [6, 6.07) is 13.8. The van der Waals surface area contributed by atoms with E-state index >= 15 is 0 Å². The van der Waals surface area contributed by atoms with Gasteiger partial charge in [0, 0.05) is 18.9 Å². The lowest BCUT2D eigenvalue weighted by Crippen LogP contribution is -2.70. The molecule has 3 heterocycles. The first kappa shape index (κ1) is 20.4. The molecule has 0 radical (unpaired) electrons. The van der Waals surface area contributed by atoms with E-state index in [2.05, 4.69) is 0 Å². The summed E-state index contributed by atoms with van der Waals surface area (Å²) in [5, 5.41) is 0. The second-order valence-electron chi connectivity index (χ2n) is 8.43. The summed E-state index contributed by atoms with van der Waals surface area (Å²) >= 11 is 0. The summed E-state index contributed by atoms with van der Waals surface area (Å²) in [5.74, 6) is 0.0914. The second kappa shape index (κ2) is 7.55. The smallest absolute Gasteiger partial charge is 0.353 e. The number of nitrogens with zero attached hydrogens (tertiary/aromatic N) is 2. The number of amides is 2. The van der Waals surface area contributed by atoms with Crippen molar-refractivity contribution in [2.45, 2.75) is 44.5 Å². The zero-order valence-corrected chi connectivity index (χ0v) is 17.9. The van der Waals surface area contributed by atoms with Crippen LogP contribution >= 0.6 is 0 Å². The first-order chi connectivity index (χ1) is 15.4. The first-order valence-corrected chi connectivity index (χ1v) is 10.7. The normalized spacial score (nSPS) is 23.8. The Balaban J connectivity index is 1.44. The van der Waals surface area contributed by atoms with Gasteiger partial charge in [0.15, 0.2) is 17.6 Å². The van der Waals surface area contributed by atoms with Gasteiger partial charge in [0.1, 0.15) is 13.2 Å². The van der Waals surface area contributed by atoms with Gasteiger partial charge in [-0.05, 0) is 38.1 Å². The monoisotopic (exact) mass is 436 g/mol. The van der Waals surface area contributed by atoms with Crippen LogP contribution in [0.25, 0.3) is 0 Å². The van der Waals surface area contributed by atoms with Crippen molar-refractivity contribution in [2.75, 3.05) is 18.1 Å². The third-order valence-electron chi connectivity index (χ3n) is 6.11. The molecule has 0 aromatic heterocycles. The number of anilines is 1. The largest absolute Gasteiger partial charge is 0.486 e. The van der Waals surface area contributed by atoms with Gasteiger partial charge in [-0.15, -0.1) is 0 Å². The number of hydrogen-bond donors (Lipinski definition) is 0. The van der Waals surface area contributed by atoms with Gasteiger partial charge in [-0.25, -0.2) is 4.79 Å². The van der Waals surface area contributed by atoms with E-state index in [0.29, 0.717) is 22.7 Å². The molecule has 0 spiro atoms. The Morgan fingerprint density at radius 2 is 1.84 bits per heavy atom. The van der Waals surface area contributed by atoms with Crippen LogP contribution in [0, 0.1) is 0 Å². The second-order valence-corrected chi connectivity index (χ2v) is 8.43. The van der Waals surface area contributed by atoms with Crippen molar-refractivity contribution in [3.05, 3.63) is 54.1 Å². The molecular formula is C24H24N2O6. The Labute approximate surface area is 185 Å². The van der Waals surface area contributed by atoms with Crippen LogP contribution in [0.1, 0.15) is 37.0 Å². The van der Waals surface area contributed by atoms with E-state index in [1.54, 1.807) is 30.3 Å². The van der Waals surface area contributed by atoms with Crippen LogP contribution in [0.2, 0.25) is 0 Å². The van der Waals surface area contributed by atoms with Crippen molar-refractivity contribution in [3.8, 4) is 11.5 Å². The van der Waals surface area contributed by atoms with Crippen LogP contribution in [0.15, 0.2) is 48.5 Å². The van der Waals surface area contributed by atoms with Gasteiger partial charge in [-0.1, -0.05) is 24.3 Å². The molecule has 2 atom stereocenters. The first-order valence-electron chi connectivity index (χ1n) is 10.7. The Hall–Kier alpha value is -3.55. The van der Waals surface area contributed by atoms with Crippen molar-refractivity contribution in [2.24, 2.45) is 0 Å². The molecule has 2 aromatic carbocycles. The number of benzene rings is 2. The molecule has 1 saturated heterocycles. The Bertz CT molecular complexity index is 1100. The summed E-state index contributed by atoms with van der Waals surface area (Å²) in [7, 11) is 0. The van der Waals surface area contributed by atoms with E-state index in [0.717, 1.165) is 0 Å². The summed E-state index contributed by atoms with van der Waals surface area (Å²) in [6.45, 7) is 3.84. The highest BCUT2D eigenvalue weighted by molar-refractivity contribution is 6.15. The van der Waals surface area contributed by atoms with Gasteiger partial charge in [-0.2, -0.15) is 0 Å². The fourth-order valence-corrected chi connectivity index (χ4v) is 4.80.